The molecule has 2 aliphatic rings. The molecule has 2 bridgehead atoms. The molecule has 2 fully saturated rings. The van der Waals surface area contributed by atoms with Crippen LogP contribution in [0.3, 0.4) is 0 Å². The summed E-state index contributed by atoms with van der Waals surface area (Å²) in [6, 6.07) is 0.279. The fourth-order valence-corrected chi connectivity index (χ4v) is 1.95. The van der Waals surface area contributed by atoms with Gasteiger partial charge in [0.05, 0.1) is 0 Å². The van der Waals surface area contributed by atoms with Crippen LogP contribution in [0.5, 0.6) is 0 Å². The lowest BCUT2D eigenvalue weighted by atomic mass is 10.2. The molecule has 1 N–H and O–H groups in total. The van der Waals surface area contributed by atoms with E-state index < -0.39 is 6.09 Å². The van der Waals surface area contributed by atoms with Crippen molar-refractivity contribution in [3.63, 3.8) is 0 Å². The third-order valence-corrected chi connectivity index (χ3v) is 2.59. The van der Waals surface area contributed by atoms with E-state index in [1.54, 1.807) is 4.90 Å². The summed E-state index contributed by atoms with van der Waals surface area (Å²) in [5, 5.41) is 8.77. The first-order valence-corrected chi connectivity index (χ1v) is 3.99. The predicted molar refractivity (Wildman–Crippen MR) is 39.6 cm³/mol. The van der Waals surface area contributed by atoms with Crippen molar-refractivity contribution in [1.82, 2.24) is 9.80 Å². The molecule has 0 aromatic heterocycles. The molecule has 4 heteroatoms. The monoisotopic (exact) mass is 156 g/mol. The van der Waals surface area contributed by atoms with Crippen LogP contribution in [0.2, 0.25) is 0 Å². The lowest BCUT2D eigenvalue weighted by Gasteiger charge is -2.31. The number of amides is 1. The van der Waals surface area contributed by atoms with Gasteiger partial charge in [-0.3, -0.25) is 4.90 Å². The fraction of sp³-hybridized carbons (Fsp3) is 0.857. The minimum Gasteiger partial charge on any atom is -0.465 e. The van der Waals surface area contributed by atoms with E-state index in [1.807, 2.05) is 0 Å². The van der Waals surface area contributed by atoms with Crippen LogP contribution in [0.4, 0.5) is 4.79 Å². The molecule has 2 rings (SSSR count). The SMILES string of the molecule is O=C(O)N1CCN2CCC1C2. The molecule has 1 amide bonds. The molecule has 2 saturated heterocycles. The van der Waals surface area contributed by atoms with E-state index in [-0.39, 0.29) is 6.04 Å². The Kier molecular flexibility index (Phi) is 1.49. The summed E-state index contributed by atoms with van der Waals surface area (Å²) >= 11 is 0. The van der Waals surface area contributed by atoms with Crippen molar-refractivity contribution in [2.45, 2.75) is 12.5 Å². The summed E-state index contributed by atoms with van der Waals surface area (Å²) in [6.07, 6.45) is 0.267. The lowest BCUT2D eigenvalue weighted by Crippen LogP contribution is -2.48. The quantitative estimate of drug-likeness (QED) is 0.539. The van der Waals surface area contributed by atoms with Gasteiger partial charge in [-0.2, -0.15) is 0 Å². The van der Waals surface area contributed by atoms with Gasteiger partial charge in [-0.15, -0.1) is 0 Å². The summed E-state index contributed by atoms with van der Waals surface area (Å²) in [7, 11) is 0. The van der Waals surface area contributed by atoms with Crippen LogP contribution >= 0.6 is 0 Å². The summed E-state index contributed by atoms with van der Waals surface area (Å²) in [4.78, 5) is 14.5. The Bertz CT molecular complexity index is 183. The van der Waals surface area contributed by atoms with E-state index in [0.717, 1.165) is 26.1 Å². The lowest BCUT2D eigenvalue weighted by molar-refractivity contribution is 0.103. The molecule has 0 aliphatic carbocycles. The number of fused-ring (bicyclic) bond motifs is 2. The minimum atomic E-state index is -0.753. The average molecular weight is 156 g/mol. The maximum atomic E-state index is 10.6. The summed E-state index contributed by atoms with van der Waals surface area (Å²) < 4.78 is 0. The van der Waals surface area contributed by atoms with Gasteiger partial charge in [0.15, 0.2) is 0 Å². The number of hydrogen-bond donors (Lipinski definition) is 1. The van der Waals surface area contributed by atoms with Gasteiger partial charge in [0.2, 0.25) is 0 Å². The molecule has 0 radical (unpaired) electrons. The third-order valence-electron chi connectivity index (χ3n) is 2.59. The highest BCUT2D eigenvalue weighted by Crippen LogP contribution is 2.19. The highest BCUT2D eigenvalue weighted by molar-refractivity contribution is 5.65. The molecule has 2 unspecified atom stereocenters. The normalized spacial score (nSPS) is 35.8. The zero-order valence-corrected chi connectivity index (χ0v) is 6.36. The van der Waals surface area contributed by atoms with Crippen molar-refractivity contribution in [3.05, 3.63) is 0 Å². The summed E-state index contributed by atoms with van der Waals surface area (Å²) in [5.74, 6) is 0. The van der Waals surface area contributed by atoms with E-state index in [9.17, 15) is 4.79 Å². The minimum absolute atomic E-state index is 0.279. The van der Waals surface area contributed by atoms with Crippen LogP contribution in [0.1, 0.15) is 6.42 Å². The largest absolute Gasteiger partial charge is 0.465 e. The molecule has 2 atom stereocenters. The zero-order valence-electron chi connectivity index (χ0n) is 6.36. The van der Waals surface area contributed by atoms with E-state index in [2.05, 4.69) is 4.90 Å². The number of rotatable bonds is 0. The third kappa shape index (κ3) is 1.07. The van der Waals surface area contributed by atoms with Crippen molar-refractivity contribution in [2.75, 3.05) is 26.2 Å². The molecule has 4 nitrogen and oxygen atoms in total. The molecule has 0 saturated carbocycles. The van der Waals surface area contributed by atoms with E-state index in [0.29, 0.717) is 6.54 Å². The molecular weight excluding hydrogens is 144 g/mol. The van der Waals surface area contributed by atoms with E-state index in [1.165, 1.54) is 0 Å². The zero-order chi connectivity index (χ0) is 7.84. The fourth-order valence-electron chi connectivity index (χ4n) is 1.95. The van der Waals surface area contributed by atoms with Crippen LogP contribution in [0, 0.1) is 0 Å². The van der Waals surface area contributed by atoms with Gasteiger partial charge in [-0.05, 0) is 6.42 Å². The first-order valence-electron chi connectivity index (χ1n) is 3.99. The average Bonchev–Trinajstić information content (AvgIpc) is 2.32. The molecule has 2 heterocycles. The van der Waals surface area contributed by atoms with Crippen molar-refractivity contribution in [1.29, 1.82) is 0 Å². The van der Waals surface area contributed by atoms with Crippen LogP contribution in [0.15, 0.2) is 0 Å². The maximum absolute atomic E-state index is 10.6. The first kappa shape index (κ1) is 6.91. The topological polar surface area (TPSA) is 43.8 Å². The molecule has 0 spiro atoms. The Morgan fingerprint density at radius 1 is 1.36 bits per heavy atom. The molecular formula is C7H12N2O2. The second-order valence-corrected chi connectivity index (χ2v) is 3.22. The second-order valence-electron chi connectivity index (χ2n) is 3.22. The number of carbonyl (C=O) groups is 1. The van der Waals surface area contributed by atoms with Gasteiger partial charge in [0, 0.05) is 32.2 Å². The summed E-state index contributed by atoms with van der Waals surface area (Å²) in [5.41, 5.74) is 0. The Labute approximate surface area is 65.4 Å². The van der Waals surface area contributed by atoms with Crippen LogP contribution in [-0.2, 0) is 0 Å². The molecule has 0 aromatic carbocycles. The smallest absolute Gasteiger partial charge is 0.407 e. The van der Waals surface area contributed by atoms with Gasteiger partial charge in [-0.25, -0.2) is 4.79 Å². The number of carboxylic acid groups (broad SMARTS) is 1. The van der Waals surface area contributed by atoms with Gasteiger partial charge >= 0.3 is 6.09 Å². The highest BCUT2D eigenvalue weighted by Gasteiger charge is 2.34. The van der Waals surface area contributed by atoms with Crippen molar-refractivity contribution in [2.24, 2.45) is 0 Å². The van der Waals surface area contributed by atoms with Crippen LogP contribution in [0.25, 0.3) is 0 Å². The Morgan fingerprint density at radius 3 is 2.91 bits per heavy atom. The Balaban J connectivity index is 2.07. The molecule has 62 valence electrons. The van der Waals surface area contributed by atoms with Gasteiger partial charge in [0.25, 0.3) is 0 Å². The number of nitrogens with zero attached hydrogens (tertiary/aromatic N) is 2. The molecule has 2 aliphatic heterocycles. The van der Waals surface area contributed by atoms with Crippen molar-refractivity contribution < 1.29 is 9.90 Å². The van der Waals surface area contributed by atoms with Gasteiger partial charge in [0.1, 0.15) is 0 Å². The second kappa shape index (κ2) is 2.37. The molecule has 11 heavy (non-hydrogen) atoms. The standard InChI is InChI=1S/C7H12N2O2/c10-7(11)9-4-3-8-2-1-6(9)5-8/h6H,1-5H2,(H,10,11). The first-order chi connectivity index (χ1) is 5.27. The Morgan fingerprint density at radius 2 is 2.18 bits per heavy atom. The number of hydrogen-bond acceptors (Lipinski definition) is 2. The van der Waals surface area contributed by atoms with Gasteiger partial charge < -0.3 is 10.0 Å². The van der Waals surface area contributed by atoms with Crippen LogP contribution in [-0.4, -0.2) is 53.2 Å². The van der Waals surface area contributed by atoms with E-state index >= 15 is 0 Å². The summed E-state index contributed by atoms with van der Waals surface area (Å²) in [6.45, 7) is 3.64. The van der Waals surface area contributed by atoms with Crippen LogP contribution < -0.4 is 0 Å². The van der Waals surface area contributed by atoms with Crippen molar-refractivity contribution in [3.8, 4) is 0 Å². The van der Waals surface area contributed by atoms with Crippen molar-refractivity contribution >= 4 is 6.09 Å². The number of piperazine rings is 1. The molecule has 0 aromatic rings. The van der Waals surface area contributed by atoms with Gasteiger partial charge in [-0.1, -0.05) is 0 Å². The van der Waals surface area contributed by atoms with E-state index in [4.69, 9.17) is 5.11 Å². The predicted octanol–water partition coefficient (Wildman–Crippen LogP) is 0.0543. The Hall–Kier alpha value is -0.770. The maximum Gasteiger partial charge on any atom is 0.407 e. The highest BCUT2D eigenvalue weighted by atomic mass is 16.4.